The zero-order valence-corrected chi connectivity index (χ0v) is 12.0. The fourth-order valence-electron chi connectivity index (χ4n) is 1.92. The van der Waals surface area contributed by atoms with Crippen molar-refractivity contribution in [2.24, 2.45) is 0 Å². The lowest BCUT2D eigenvalue weighted by atomic mass is 10.0. The fourth-order valence-corrected chi connectivity index (χ4v) is 2.15. The Hall–Kier alpha value is -2.24. The number of hydroxylamine groups is 1. The summed E-state index contributed by atoms with van der Waals surface area (Å²) in [6.45, 7) is 1.95. The normalized spacial score (nSPS) is 10.2. The van der Waals surface area contributed by atoms with Gasteiger partial charge in [-0.05, 0) is 30.7 Å². The van der Waals surface area contributed by atoms with Crippen molar-refractivity contribution in [3.63, 3.8) is 0 Å². The predicted molar refractivity (Wildman–Crippen MR) is 77.9 cm³/mol. The Morgan fingerprint density at radius 2 is 2.10 bits per heavy atom. The van der Waals surface area contributed by atoms with Gasteiger partial charge in [0.1, 0.15) is 18.1 Å². The van der Waals surface area contributed by atoms with Gasteiger partial charge in [0.25, 0.3) is 5.91 Å². The molecule has 5 nitrogen and oxygen atoms in total. The van der Waals surface area contributed by atoms with E-state index >= 15 is 0 Å². The summed E-state index contributed by atoms with van der Waals surface area (Å²) in [6, 6.07) is 9.52. The number of carbonyl (C=O) groups excluding carboxylic acids is 1. The Morgan fingerprint density at radius 1 is 1.33 bits per heavy atom. The number of hydrogen-bond donors (Lipinski definition) is 3. The van der Waals surface area contributed by atoms with Gasteiger partial charge in [-0.3, -0.25) is 10.0 Å². The average molecular weight is 308 g/mol. The van der Waals surface area contributed by atoms with Crippen LogP contribution in [-0.2, 0) is 6.61 Å². The van der Waals surface area contributed by atoms with Gasteiger partial charge >= 0.3 is 0 Å². The molecule has 21 heavy (non-hydrogen) atoms. The van der Waals surface area contributed by atoms with Gasteiger partial charge in [-0.25, -0.2) is 5.48 Å². The molecule has 0 unspecified atom stereocenters. The van der Waals surface area contributed by atoms with E-state index in [0.717, 1.165) is 5.56 Å². The van der Waals surface area contributed by atoms with E-state index in [1.165, 1.54) is 12.1 Å². The predicted octanol–water partition coefficient (Wildman–Crippen LogP) is 3.05. The summed E-state index contributed by atoms with van der Waals surface area (Å²) in [6.07, 6.45) is 0. The highest BCUT2D eigenvalue weighted by Crippen LogP contribution is 2.29. The lowest BCUT2D eigenvalue weighted by Gasteiger charge is -2.13. The van der Waals surface area contributed by atoms with Gasteiger partial charge in [-0.1, -0.05) is 23.7 Å². The minimum atomic E-state index is -0.603. The number of rotatable bonds is 4. The van der Waals surface area contributed by atoms with Crippen molar-refractivity contribution < 1.29 is 19.8 Å². The van der Waals surface area contributed by atoms with Crippen LogP contribution < -0.4 is 10.2 Å². The molecule has 2 rings (SSSR count). The third-order valence-corrected chi connectivity index (χ3v) is 3.34. The van der Waals surface area contributed by atoms with Crippen molar-refractivity contribution in [3.05, 3.63) is 58.1 Å². The van der Waals surface area contributed by atoms with Crippen LogP contribution in [0.5, 0.6) is 11.5 Å². The molecule has 0 aliphatic carbocycles. The Balaban J connectivity index is 2.25. The standard InChI is InChI=1S/C15H14ClNO4/c1-9-3-2-4-11(15(19)17-20)12(9)8-21-14-6-5-10(18)7-13(14)16/h2-7,18,20H,8H2,1H3,(H,17,19). The van der Waals surface area contributed by atoms with Gasteiger partial charge in [0.15, 0.2) is 0 Å². The number of halogens is 1. The topological polar surface area (TPSA) is 78.8 Å². The molecule has 0 spiro atoms. The number of carbonyl (C=O) groups is 1. The van der Waals surface area contributed by atoms with E-state index in [0.29, 0.717) is 16.9 Å². The molecular formula is C15H14ClNO4. The van der Waals surface area contributed by atoms with E-state index in [-0.39, 0.29) is 17.4 Å². The minimum Gasteiger partial charge on any atom is -0.508 e. The number of amides is 1. The molecular weight excluding hydrogens is 294 g/mol. The summed E-state index contributed by atoms with van der Waals surface area (Å²) in [4.78, 5) is 11.6. The lowest BCUT2D eigenvalue weighted by Crippen LogP contribution is -2.21. The zero-order chi connectivity index (χ0) is 15.4. The number of hydrogen-bond acceptors (Lipinski definition) is 4. The van der Waals surface area contributed by atoms with E-state index in [2.05, 4.69) is 0 Å². The maximum atomic E-state index is 11.6. The Kier molecular flexibility index (Phi) is 4.67. The van der Waals surface area contributed by atoms with Crippen LogP contribution in [0.2, 0.25) is 5.02 Å². The molecule has 0 atom stereocenters. The number of ether oxygens (including phenoxy) is 1. The van der Waals surface area contributed by atoms with Gasteiger partial charge in [-0.15, -0.1) is 0 Å². The largest absolute Gasteiger partial charge is 0.508 e. The average Bonchev–Trinajstić information content (AvgIpc) is 2.46. The number of phenols is 1. The van der Waals surface area contributed by atoms with Gasteiger partial charge in [0.05, 0.1) is 5.02 Å². The fraction of sp³-hybridized carbons (Fsp3) is 0.133. The highest BCUT2D eigenvalue weighted by molar-refractivity contribution is 6.32. The van der Waals surface area contributed by atoms with E-state index in [9.17, 15) is 9.90 Å². The quantitative estimate of drug-likeness (QED) is 0.599. The molecule has 6 heteroatoms. The molecule has 2 aromatic carbocycles. The number of aryl methyl sites for hydroxylation is 1. The van der Waals surface area contributed by atoms with Gasteiger partial charge < -0.3 is 9.84 Å². The number of phenolic OH excluding ortho intramolecular Hbond substituents is 1. The summed E-state index contributed by atoms with van der Waals surface area (Å²) in [7, 11) is 0. The molecule has 0 aliphatic heterocycles. The molecule has 0 radical (unpaired) electrons. The van der Waals surface area contributed by atoms with Crippen molar-refractivity contribution in [1.29, 1.82) is 0 Å². The molecule has 0 heterocycles. The highest BCUT2D eigenvalue weighted by atomic mass is 35.5. The first kappa shape index (κ1) is 15.2. The SMILES string of the molecule is Cc1cccc(C(=O)NO)c1COc1ccc(O)cc1Cl. The maximum Gasteiger partial charge on any atom is 0.275 e. The first-order valence-corrected chi connectivity index (χ1v) is 6.55. The summed E-state index contributed by atoms with van der Waals surface area (Å²) < 4.78 is 5.59. The molecule has 2 aromatic rings. The van der Waals surface area contributed by atoms with Crippen LogP contribution in [0.15, 0.2) is 36.4 Å². The van der Waals surface area contributed by atoms with E-state index in [1.807, 2.05) is 13.0 Å². The third-order valence-electron chi connectivity index (χ3n) is 3.04. The van der Waals surface area contributed by atoms with Crippen LogP contribution in [-0.4, -0.2) is 16.2 Å². The molecule has 0 aliphatic rings. The van der Waals surface area contributed by atoms with Crippen molar-refractivity contribution >= 4 is 17.5 Å². The molecule has 0 saturated heterocycles. The maximum absolute atomic E-state index is 11.6. The Morgan fingerprint density at radius 3 is 2.76 bits per heavy atom. The number of aromatic hydroxyl groups is 1. The van der Waals surface area contributed by atoms with Gasteiger partial charge in [0.2, 0.25) is 0 Å². The Labute approximate surface area is 126 Å². The molecule has 0 bridgehead atoms. The van der Waals surface area contributed by atoms with E-state index < -0.39 is 5.91 Å². The first-order chi connectivity index (χ1) is 10.0. The van der Waals surface area contributed by atoms with Crippen LogP contribution in [0.3, 0.4) is 0 Å². The summed E-state index contributed by atoms with van der Waals surface area (Å²) in [5.41, 5.74) is 3.44. The first-order valence-electron chi connectivity index (χ1n) is 6.17. The van der Waals surface area contributed by atoms with E-state index in [1.54, 1.807) is 23.7 Å². The van der Waals surface area contributed by atoms with Gasteiger partial charge in [0, 0.05) is 17.2 Å². The van der Waals surface area contributed by atoms with Crippen LogP contribution in [0.4, 0.5) is 0 Å². The summed E-state index contributed by atoms with van der Waals surface area (Å²) >= 11 is 5.96. The summed E-state index contributed by atoms with van der Waals surface area (Å²) in [5, 5.41) is 18.3. The number of nitrogens with one attached hydrogen (secondary N) is 1. The molecule has 110 valence electrons. The molecule has 0 saturated carbocycles. The second kappa shape index (κ2) is 6.47. The zero-order valence-electron chi connectivity index (χ0n) is 11.3. The number of benzene rings is 2. The van der Waals surface area contributed by atoms with Crippen LogP contribution in [0.25, 0.3) is 0 Å². The smallest absolute Gasteiger partial charge is 0.275 e. The van der Waals surface area contributed by atoms with E-state index in [4.69, 9.17) is 21.5 Å². The van der Waals surface area contributed by atoms with Crippen LogP contribution >= 0.6 is 11.6 Å². The second-order valence-corrected chi connectivity index (χ2v) is 4.85. The molecule has 0 fully saturated rings. The Bertz CT molecular complexity index is 673. The van der Waals surface area contributed by atoms with Crippen LogP contribution in [0, 0.1) is 6.92 Å². The monoisotopic (exact) mass is 307 g/mol. The minimum absolute atomic E-state index is 0.0450. The van der Waals surface area contributed by atoms with Crippen molar-refractivity contribution in [3.8, 4) is 11.5 Å². The van der Waals surface area contributed by atoms with Crippen molar-refractivity contribution in [1.82, 2.24) is 5.48 Å². The molecule has 0 aromatic heterocycles. The van der Waals surface area contributed by atoms with Crippen LogP contribution in [0.1, 0.15) is 21.5 Å². The summed E-state index contributed by atoms with van der Waals surface area (Å²) in [5.74, 6) is -0.161. The molecule has 3 N–H and O–H groups in total. The van der Waals surface area contributed by atoms with Crippen molar-refractivity contribution in [2.45, 2.75) is 13.5 Å². The highest BCUT2D eigenvalue weighted by Gasteiger charge is 2.14. The lowest BCUT2D eigenvalue weighted by molar-refractivity contribution is 0.0703. The second-order valence-electron chi connectivity index (χ2n) is 4.45. The van der Waals surface area contributed by atoms with Crippen molar-refractivity contribution in [2.75, 3.05) is 0 Å². The molecule has 1 amide bonds. The third kappa shape index (κ3) is 3.45. The van der Waals surface area contributed by atoms with Gasteiger partial charge in [-0.2, -0.15) is 0 Å².